The molecule has 39 heavy (non-hydrogen) atoms. The first kappa shape index (κ1) is 25.2. The third-order valence-electron chi connectivity index (χ3n) is 7.12. The molecule has 0 bridgehead atoms. The van der Waals surface area contributed by atoms with Crippen LogP contribution in [0.2, 0.25) is 0 Å². The monoisotopic (exact) mass is 534 g/mol. The van der Waals surface area contributed by atoms with Gasteiger partial charge < -0.3 is 24.7 Å². The predicted molar refractivity (Wildman–Crippen MR) is 145 cm³/mol. The lowest BCUT2D eigenvalue weighted by Gasteiger charge is -2.25. The third kappa shape index (κ3) is 4.80. The normalized spacial score (nSPS) is 19.1. The summed E-state index contributed by atoms with van der Waals surface area (Å²) in [6, 6.07) is 3.22. The number of carbonyl (C=O) groups is 1. The fraction of sp³-hybridized carbons (Fsp3) is 0.444. The fourth-order valence-corrected chi connectivity index (χ4v) is 5.34. The van der Waals surface area contributed by atoms with E-state index in [0.29, 0.717) is 57.0 Å². The van der Waals surface area contributed by atoms with Gasteiger partial charge in [-0.1, -0.05) is 0 Å². The Kier molecular flexibility index (Phi) is 6.01. The Morgan fingerprint density at radius 2 is 1.95 bits per heavy atom. The molecule has 3 aromatic heterocycles. The molecule has 2 unspecified atom stereocenters. The van der Waals surface area contributed by atoms with Crippen molar-refractivity contribution in [3.8, 4) is 11.8 Å². The van der Waals surface area contributed by atoms with Gasteiger partial charge in [0.15, 0.2) is 5.75 Å². The van der Waals surface area contributed by atoms with Crippen molar-refractivity contribution in [1.82, 2.24) is 30.2 Å². The molecule has 6 rings (SSSR count). The average molecular weight is 535 g/mol. The van der Waals surface area contributed by atoms with Crippen LogP contribution in [0, 0.1) is 18.7 Å². The maximum absolute atomic E-state index is 15.1. The zero-order valence-corrected chi connectivity index (χ0v) is 22.6. The SMILES string of the molecule is Cc1ncc(Oc2nc(N3CC4CCNC4C3)c3c(n2)[nH]c2c(N(C)C(=O)OC(C)(C)C)cc(F)cc23)cn1. The number of H-pyrrole nitrogens is 1. The van der Waals surface area contributed by atoms with Gasteiger partial charge >= 0.3 is 12.1 Å². The van der Waals surface area contributed by atoms with Gasteiger partial charge in [-0.05, 0) is 58.7 Å². The lowest BCUT2D eigenvalue weighted by molar-refractivity contribution is 0.0589. The lowest BCUT2D eigenvalue weighted by atomic mass is 10.1. The Bertz CT molecular complexity index is 1550. The van der Waals surface area contributed by atoms with Crippen LogP contribution in [-0.2, 0) is 4.74 Å². The van der Waals surface area contributed by atoms with Crippen LogP contribution in [0.5, 0.6) is 11.8 Å². The second-order valence-electron chi connectivity index (χ2n) is 11.1. The maximum atomic E-state index is 15.1. The number of halogens is 1. The van der Waals surface area contributed by atoms with E-state index in [1.165, 1.54) is 17.0 Å². The van der Waals surface area contributed by atoms with Crippen LogP contribution in [0.1, 0.15) is 33.0 Å². The summed E-state index contributed by atoms with van der Waals surface area (Å²) in [5.41, 5.74) is 0.638. The van der Waals surface area contributed by atoms with E-state index in [-0.39, 0.29) is 6.01 Å². The largest absolute Gasteiger partial charge is 0.443 e. The van der Waals surface area contributed by atoms with Crippen molar-refractivity contribution in [2.45, 2.75) is 45.8 Å². The second kappa shape index (κ2) is 9.30. The molecule has 11 nitrogen and oxygen atoms in total. The number of fused-ring (bicyclic) bond motifs is 4. The first-order chi connectivity index (χ1) is 18.6. The van der Waals surface area contributed by atoms with E-state index in [1.807, 2.05) is 0 Å². The van der Waals surface area contributed by atoms with Gasteiger partial charge in [-0.2, -0.15) is 9.97 Å². The Labute approximate surface area is 224 Å². The highest BCUT2D eigenvalue weighted by Crippen LogP contribution is 2.40. The van der Waals surface area contributed by atoms with Gasteiger partial charge in [0.05, 0.1) is 29.0 Å². The van der Waals surface area contributed by atoms with Crippen molar-refractivity contribution >= 4 is 39.5 Å². The zero-order valence-electron chi connectivity index (χ0n) is 22.6. The Hall–Kier alpha value is -4.06. The highest BCUT2D eigenvalue weighted by Gasteiger charge is 2.38. The summed E-state index contributed by atoms with van der Waals surface area (Å²) in [6.45, 7) is 9.71. The summed E-state index contributed by atoms with van der Waals surface area (Å²) in [7, 11) is 1.56. The zero-order chi connectivity index (χ0) is 27.5. The van der Waals surface area contributed by atoms with Gasteiger partial charge in [-0.3, -0.25) is 4.90 Å². The molecular formula is C27H31FN8O3. The number of nitrogens with one attached hydrogen (secondary N) is 2. The molecule has 2 N–H and O–H groups in total. The molecule has 5 heterocycles. The number of ether oxygens (including phenoxy) is 2. The molecule has 0 aliphatic carbocycles. The summed E-state index contributed by atoms with van der Waals surface area (Å²) < 4.78 is 26.6. The molecule has 2 saturated heterocycles. The molecule has 2 aliphatic rings. The minimum absolute atomic E-state index is 0.115. The first-order valence-corrected chi connectivity index (χ1v) is 13.0. The Morgan fingerprint density at radius 1 is 1.18 bits per heavy atom. The number of aromatic amines is 1. The van der Waals surface area contributed by atoms with E-state index in [4.69, 9.17) is 14.5 Å². The summed E-state index contributed by atoms with van der Waals surface area (Å²) in [5, 5.41) is 4.80. The average Bonchev–Trinajstić information content (AvgIpc) is 3.56. The van der Waals surface area contributed by atoms with Gasteiger partial charge in [0.2, 0.25) is 0 Å². The van der Waals surface area contributed by atoms with Crippen molar-refractivity contribution in [2.24, 2.45) is 5.92 Å². The minimum Gasteiger partial charge on any atom is -0.443 e. The van der Waals surface area contributed by atoms with Crippen LogP contribution in [0.3, 0.4) is 0 Å². The van der Waals surface area contributed by atoms with Crippen molar-refractivity contribution < 1.29 is 18.7 Å². The van der Waals surface area contributed by atoms with Crippen LogP contribution >= 0.6 is 0 Å². The molecule has 1 amide bonds. The quantitative estimate of drug-likeness (QED) is 0.394. The number of amides is 1. The maximum Gasteiger partial charge on any atom is 0.414 e. The van der Waals surface area contributed by atoms with Gasteiger partial charge in [-0.25, -0.2) is 19.2 Å². The molecule has 0 saturated carbocycles. The molecular weight excluding hydrogens is 503 g/mol. The number of aromatic nitrogens is 5. The number of benzene rings is 1. The highest BCUT2D eigenvalue weighted by molar-refractivity contribution is 6.16. The lowest BCUT2D eigenvalue weighted by Crippen LogP contribution is -2.34. The molecule has 1 aromatic carbocycles. The molecule has 0 spiro atoms. The third-order valence-corrected chi connectivity index (χ3v) is 7.12. The number of hydrogen-bond acceptors (Lipinski definition) is 9. The second-order valence-corrected chi connectivity index (χ2v) is 11.1. The van der Waals surface area contributed by atoms with Crippen molar-refractivity contribution in [3.05, 3.63) is 36.2 Å². The number of carbonyl (C=O) groups excluding carboxylic acids is 1. The Morgan fingerprint density at radius 3 is 2.67 bits per heavy atom. The van der Waals surface area contributed by atoms with Crippen molar-refractivity contribution in [3.63, 3.8) is 0 Å². The molecule has 4 aromatic rings. The van der Waals surface area contributed by atoms with Crippen LogP contribution in [0.25, 0.3) is 21.9 Å². The number of anilines is 2. The van der Waals surface area contributed by atoms with Crippen molar-refractivity contribution in [1.29, 1.82) is 0 Å². The van der Waals surface area contributed by atoms with Gasteiger partial charge in [0.1, 0.15) is 28.7 Å². The van der Waals surface area contributed by atoms with Crippen LogP contribution in [0.15, 0.2) is 24.5 Å². The number of rotatable bonds is 4. The van der Waals surface area contributed by atoms with Crippen LogP contribution in [-0.4, -0.2) is 69.3 Å². The van der Waals surface area contributed by atoms with E-state index in [9.17, 15) is 4.79 Å². The van der Waals surface area contributed by atoms with E-state index < -0.39 is 17.5 Å². The van der Waals surface area contributed by atoms with Gasteiger partial charge in [-0.15, -0.1) is 0 Å². The Balaban J connectivity index is 1.50. The van der Waals surface area contributed by atoms with E-state index in [2.05, 4.69) is 30.2 Å². The molecule has 0 radical (unpaired) electrons. The molecule has 204 valence electrons. The van der Waals surface area contributed by atoms with E-state index in [1.54, 1.807) is 47.1 Å². The molecule has 12 heteroatoms. The summed E-state index contributed by atoms with van der Waals surface area (Å²) in [6.07, 6.45) is 3.62. The standard InChI is InChI=1S/C27H31FN8O3/c1-14-30-10-17(11-31-14)38-25-33-23-21(24(34-25)36-12-15-6-7-29-19(15)13-36)18-8-16(28)9-20(22(18)32-23)35(5)26(37)39-27(2,3)4/h8-11,15,19,29H,6-7,12-13H2,1-5H3,(H,32,33,34). The van der Waals surface area contributed by atoms with Crippen LogP contribution < -0.4 is 19.9 Å². The molecule has 2 fully saturated rings. The summed E-state index contributed by atoms with van der Waals surface area (Å²) in [5.74, 6) is 1.67. The summed E-state index contributed by atoms with van der Waals surface area (Å²) >= 11 is 0. The number of hydrogen-bond donors (Lipinski definition) is 2. The summed E-state index contributed by atoms with van der Waals surface area (Å²) in [4.78, 5) is 37.5. The number of nitrogens with zero attached hydrogens (tertiary/aromatic N) is 6. The first-order valence-electron chi connectivity index (χ1n) is 13.0. The number of aryl methyl sites for hydroxylation is 1. The van der Waals surface area contributed by atoms with Gasteiger partial charge in [0.25, 0.3) is 0 Å². The minimum atomic E-state index is -0.704. The van der Waals surface area contributed by atoms with E-state index in [0.717, 1.165) is 26.1 Å². The smallest absolute Gasteiger partial charge is 0.414 e. The molecule has 2 atom stereocenters. The highest BCUT2D eigenvalue weighted by atomic mass is 19.1. The topological polar surface area (TPSA) is 121 Å². The van der Waals surface area contributed by atoms with E-state index >= 15 is 4.39 Å². The molecule has 2 aliphatic heterocycles. The fourth-order valence-electron chi connectivity index (χ4n) is 5.34. The van der Waals surface area contributed by atoms with Crippen LogP contribution in [0.4, 0.5) is 20.7 Å². The van der Waals surface area contributed by atoms with Crippen molar-refractivity contribution in [2.75, 3.05) is 36.5 Å². The predicted octanol–water partition coefficient (Wildman–Crippen LogP) is 4.31. The van der Waals surface area contributed by atoms with Gasteiger partial charge in [0, 0.05) is 31.6 Å².